The van der Waals surface area contributed by atoms with Gasteiger partial charge in [-0.15, -0.1) is 0 Å². The van der Waals surface area contributed by atoms with E-state index < -0.39 is 0 Å². The molecule has 76 valence electrons. The zero-order chi connectivity index (χ0) is 9.97. The summed E-state index contributed by atoms with van der Waals surface area (Å²) in [6.07, 6.45) is 5.49. The van der Waals surface area contributed by atoms with Crippen LogP contribution < -0.4 is 0 Å². The van der Waals surface area contributed by atoms with E-state index in [1.165, 1.54) is 6.42 Å². The highest BCUT2D eigenvalue weighted by atomic mass is 16.3. The van der Waals surface area contributed by atoms with E-state index in [9.17, 15) is 9.90 Å². The second kappa shape index (κ2) is 2.30. The van der Waals surface area contributed by atoms with E-state index in [1.807, 2.05) is 0 Å². The van der Waals surface area contributed by atoms with E-state index in [4.69, 9.17) is 0 Å². The van der Waals surface area contributed by atoms with Gasteiger partial charge in [-0.1, -0.05) is 13.0 Å². The average molecular weight is 192 g/mol. The number of carbonyl (C=O) groups is 1. The molecule has 0 aromatic rings. The molecule has 0 unspecified atom stereocenters. The first kappa shape index (κ1) is 8.66. The summed E-state index contributed by atoms with van der Waals surface area (Å²) in [5.41, 5.74) is 0.941. The van der Waals surface area contributed by atoms with Gasteiger partial charge in [0.15, 0.2) is 5.78 Å². The van der Waals surface area contributed by atoms with Crippen LogP contribution in [0, 0.1) is 10.8 Å². The van der Waals surface area contributed by atoms with Gasteiger partial charge in [-0.2, -0.15) is 0 Å². The molecular weight excluding hydrogens is 176 g/mol. The molecule has 14 heavy (non-hydrogen) atoms. The quantitative estimate of drug-likeness (QED) is 0.594. The predicted octanol–water partition coefficient (Wildman–Crippen LogP) is 1.83. The van der Waals surface area contributed by atoms with Gasteiger partial charge >= 0.3 is 0 Å². The van der Waals surface area contributed by atoms with Crippen molar-refractivity contribution < 1.29 is 9.90 Å². The lowest BCUT2D eigenvalue weighted by Gasteiger charge is -2.33. The highest BCUT2D eigenvalue weighted by Gasteiger charge is 2.66. The predicted molar refractivity (Wildman–Crippen MR) is 52.7 cm³/mol. The number of ketones is 1. The van der Waals surface area contributed by atoms with Crippen LogP contribution in [0.3, 0.4) is 0 Å². The molecule has 2 nitrogen and oxygen atoms in total. The first-order chi connectivity index (χ1) is 6.60. The minimum Gasteiger partial charge on any atom is -0.393 e. The Kier molecular flexibility index (Phi) is 1.42. The molecule has 3 saturated carbocycles. The van der Waals surface area contributed by atoms with Crippen LogP contribution in [0.5, 0.6) is 0 Å². The van der Waals surface area contributed by atoms with Crippen molar-refractivity contribution in [1.29, 1.82) is 0 Å². The SMILES string of the molecule is C=C1C(=O)C[C@@]23CCC[C@@]12C[C@@H](O)C3. The van der Waals surface area contributed by atoms with Gasteiger partial charge in [0, 0.05) is 11.8 Å². The standard InChI is InChI=1S/C12H16O2/c1-8-10(14)7-11-3-2-4-12(8,11)6-9(13)5-11/h9,13H,1-7H2/t9-,11-,12+/m0/s1. The number of hydrogen-bond acceptors (Lipinski definition) is 2. The molecule has 0 radical (unpaired) electrons. The van der Waals surface area contributed by atoms with Crippen LogP contribution in [-0.4, -0.2) is 17.0 Å². The van der Waals surface area contributed by atoms with Gasteiger partial charge in [0.1, 0.15) is 0 Å². The maximum Gasteiger partial charge on any atom is 0.159 e. The normalized spacial score (nSPS) is 51.1. The molecule has 0 aromatic carbocycles. The van der Waals surface area contributed by atoms with Gasteiger partial charge in [-0.3, -0.25) is 4.79 Å². The molecule has 3 rings (SSSR count). The Morgan fingerprint density at radius 3 is 2.86 bits per heavy atom. The molecule has 0 aliphatic heterocycles. The number of aliphatic hydroxyl groups is 1. The summed E-state index contributed by atoms with van der Waals surface area (Å²) < 4.78 is 0. The van der Waals surface area contributed by atoms with Gasteiger partial charge < -0.3 is 5.11 Å². The van der Waals surface area contributed by atoms with Crippen LogP contribution in [0.25, 0.3) is 0 Å². The highest BCUT2D eigenvalue weighted by molar-refractivity contribution is 6.00. The van der Waals surface area contributed by atoms with Crippen LogP contribution in [-0.2, 0) is 4.79 Å². The van der Waals surface area contributed by atoms with E-state index in [2.05, 4.69) is 6.58 Å². The molecule has 0 bridgehead atoms. The zero-order valence-electron chi connectivity index (χ0n) is 8.38. The van der Waals surface area contributed by atoms with Crippen molar-refractivity contribution in [2.75, 3.05) is 0 Å². The van der Waals surface area contributed by atoms with Gasteiger partial charge in [0.2, 0.25) is 0 Å². The van der Waals surface area contributed by atoms with E-state index in [1.54, 1.807) is 0 Å². The van der Waals surface area contributed by atoms with Gasteiger partial charge in [-0.05, 0) is 36.7 Å². The molecule has 0 saturated heterocycles. The Hall–Kier alpha value is -0.630. The molecule has 0 amide bonds. The molecule has 0 aromatic heterocycles. The van der Waals surface area contributed by atoms with E-state index >= 15 is 0 Å². The lowest BCUT2D eigenvalue weighted by Crippen LogP contribution is -2.26. The van der Waals surface area contributed by atoms with Crippen molar-refractivity contribution in [3.05, 3.63) is 12.2 Å². The molecule has 3 aliphatic rings. The van der Waals surface area contributed by atoms with Crippen LogP contribution in [0.2, 0.25) is 0 Å². The van der Waals surface area contributed by atoms with Crippen molar-refractivity contribution in [2.45, 2.75) is 44.6 Å². The van der Waals surface area contributed by atoms with Gasteiger partial charge in [0.05, 0.1) is 6.10 Å². The van der Waals surface area contributed by atoms with Crippen molar-refractivity contribution in [3.63, 3.8) is 0 Å². The Morgan fingerprint density at radius 2 is 2.14 bits per heavy atom. The van der Waals surface area contributed by atoms with Crippen molar-refractivity contribution in [1.82, 2.24) is 0 Å². The number of aliphatic hydroxyl groups excluding tert-OH is 1. The summed E-state index contributed by atoms with van der Waals surface area (Å²) in [7, 11) is 0. The molecule has 0 heterocycles. The maximum atomic E-state index is 11.7. The third kappa shape index (κ3) is 0.714. The molecule has 3 atom stereocenters. The monoisotopic (exact) mass is 192 g/mol. The lowest BCUT2D eigenvalue weighted by atomic mass is 9.69. The lowest BCUT2D eigenvalue weighted by molar-refractivity contribution is -0.115. The van der Waals surface area contributed by atoms with E-state index in [0.717, 1.165) is 31.3 Å². The molecule has 3 aliphatic carbocycles. The molecule has 3 fully saturated rings. The fourth-order valence-corrected chi connectivity index (χ4v) is 4.38. The Labute approximate surface area is 84.0 Å². The van der Waals surface area contributed by atoms with Crippen molar-refractivity contribution in [2.24, 2.45) is 10.8 Å². The maximum absolute atomic E-state index is 11.7. The Balaban J connectivity index is 2.13. The largest absolute Gasteiger partial charge is 0.393 e. The van der Waals surface area contributed by atoms with Crippen LogP contribution >= 0.6 is 0 Å². The summed E-state index contributed by atoms with van der Waals surface area (Å²) >= 11 is 0. The van der Waals surface area contributed by atoms with Gasteiger partial charge in [-0.25, -0.2) is 0 Å². The zero-order valence-corrected chi connectivity index (χ0v) is 8.38. The highest BCUT2D eigenvalue weighted by Crippen LogP contribution is 2.71. The number of rotatable bonds is 0. The van der Waals surface area contributed by atoms with E-state index in [-0.39, 0.29) is 22.7 Å². The third-order valence-corrected chi connectivity index (χ3v) is 4.90. The number of carbonyl (C=O) groups excluding carboxylic acids is 1. The average Bonchev–Trinajstić information content (AvgIpc) is 2.59. The van der Waals surface area contributed by atoms with Crippen molar-refractivity contribution in [3.8, 4) is 0 Å². The first-order valence-electron chi connectivity index (χ1n) is 5.50. The number of hydrogen-bond donors (Lipinski definition) is 1. The summed E-state index contributed by atoms with van der Waals surface area (Å²) in [6.45, 7) is 3.98. The topological polar surface area (TPSA) is 37.3 Å². The minimum absolute atomic E-state index is 0.00347. The molecule has 2 heteroatoms. The molecule has 1 N–H and O–H groups in total. The number of allylic oxidation sites excluding steroid dienone is 1. The van der Waals surface area contributed by atoms with Crippen LogP contribution in [0.1, 0.15) is 38.5 Å². The second-order valence-electron chi connectivity index (χ2n) is 5.36. The fourth-order valence-electron chi connectivity index (χ4n) is 4.38. The second-order valence-corrected chi connectivity index (χ2v) is 5.36. The summed E-state index contributed by atoms with van der Waals surface area (Å²) in [6, 6.07) is 0. The smallest absolute Gasteiger partial charge is 0.159 e. The van der Waals surface area contributed by atoms with Crippen LogP contribution in [0.4, 0.5) is 0 Å². The summed E-state index contributed by atoms with van der Waals surface area (Å²) in [4.78, 5) is 11.7. The fraction of sp³-hybridized carbons (Fsp3) is 0.750. The van der Waals surface area contributed by atoms with Crippen molar-refractivity contribution >= 4 is 5.78 Å². The molecular formula is C12H16O2. The third-order valence-electron chi connectivity index (χ3n) is 4.90. The Morgan fingerprint density at radius 1 is 1.36 bits per heavy atom. The molecule has 0 spiro atoms. The summed E-state index contributed by atoms with van der Waals surface area (Å²) in [5.74, 6) is 0.261. The summed E-state index contributed by atoms with van der Waals surface area (Å²) in [5, 5.41) is 9.78. The van der Waals surface area contributed by atoms with E-state index in [0.29, 0.717) is 6.42 Å². The number of Topliss-reactive ketones (excluding diaryl/α,β-unsaturated/α-hetero) is 1. The van der Waals surface area contributed by atoms with Gasteiger partial charge in [0.25, 0.3) is 0 Å². The first-order valence-corrected chi connectivity index (χ1v) is 5.50. The Bertz CT molecular complexity index is 333. The minimum atomic E-state index is -0.194. The van der Waals surface area contributed by atoms with Crippen LogP contribution in [0.15, 0.2) is 12.2 Å².